The molecule has 0 aromatic heterocycles. The zero-order valence-electron chi connectivity index (χ0n) is 31.0. The van der Waals surface area contributed by atoms with E-state index in [4.69, 9.17) is 27.9 Å². The Morgan fingerprint density at radius 2 is 1.46 bits per heavy atom. The van der Waals surface area contributed by atoms with Gasteiger partial charge in [-0.2, -0.15) is 0 Å². The number of amides is 4. The van der Waals surface area contributed by atoms with Crippen LogP contribution >= 0.6 is 23.2 Å². The number of rotatable bonds is 15. The average molecular weight is 800 g/mol. The number of carboxylic acids is 1. The summed E-state index contributed by atoms with van der Waals surface area (Å²) in [6, 6.07) is 27.8. The molecule has 1 aliphatic heterocycles. The van der Waals surface area contributed by atoms with Gasteiger partial charge in [0, 0.05) is 42.0 Å². The molecule has 292 valence electrons. The van der Waals surface area contributed by atoms with Crippen molar-refractivity contribution in [3.8, 4) is 5.75 Å². The summed E-state index contributed by atoms with van der Waals surface area (Å²) in [7, 11) is 0. The summed E-state index contributed by atoms with van der Waals surface area (Å²) in [5.74, 6) is -1.91. The van der Waals surface area contributed by atoms with Gasteiger partial charge in [0.15, 0.2) is 6.61 Å². The van der Waals surface area contributed by atoms with Crippen LogP contribution in [0.2, 0.25) is 10.0 Å². The van der Waals surface area contributed by atoms with E-state index in [9.17, 15) is 29.1 Å². The Morgan fingerprint density at radius 1 is 0.857 bits per heavy atom. The van der Waals surface area contributed by atoms with Crippen LogP contribution < -0.4 is 20.3 Å². The van der Waals surface area contributed by atoms with Crippen LogP contribution in [-0.2, 0) is 36.8 Å². The van der Waals surface area contributed by atoms with E-state index in [2.05, 4.69) is 10.6 Å². The highest BCUT2D eigenvalue weighted by Gasteiger charge is 2.50. The van der Waals surface area contributed by atoms with Gasteiger partial charge in [0.05, 0.1) is 5.41 Å². The second kappa shape index (κ2) is 18.0. The number of carbonyl (C=O) groups excluding carboxylic acids is 4. The summed E-state index contributed by atoms with van der Waals surface area (Å²) in [4.78, 5) is 69.6. The number of halogens is 2. The van der Waals surface area contributed by atoms with Crippen LogP contribution in [0.15, 0.2) is 103 Å². The number of anilines is 1. The molecule has 1 aliphatic carbocycles. The number of carbonyl (C=O) groups is 5. The second-order valence-electron chi connectivity index (χ2n) is 14.3. The van der Waals surface area contributed by atoms with Gasteiger partial charge in [-0.25, -0.2) is 4.79 Å². The molecule has 11 nitrogen and oxygen atoms in total. The van der Waals surface area contributed by atoms with E-state index >= 15 is 0 Å². The predicted octanol–water partition coefficient (Wildman–Crippen LogP) is 6.76. The lowest BCUT2D eigenvalue weighted by atomic mass is 9.81. The van der Waals surface area contributed by atoms with E-state index in [-0.39, 0.29) is 37.2 Å². The highest BCUT2D eigenvalue weighted by atomic mass is 35.5. The van der Waals surface area contributed by atoms with Gasteiger partial charge < -0.3 is 25.4 Å². The summed E-state index contributed by atoms with van der Waals surface area (Å²) in [5.41, 5.74) is 1.81. The smallest absolute Gasteiger partial charge is 0.326 e. The molecule has 3 N–H and O–H groups in total. The Bertz CT molecular complexity index is 2020. The van der Waals surface area contributed by atoms with Gasteiger partial charge in [-0.15, -0.1) is 0 Å². The van der Waals surface area contributed by atoms with Gasteiger partial charge >= 0.3 is 5.97 Å². The number of benzene rings is 4. The van der Waals surface area contributed by atoms with Crippen molar-refractivity contribution in [2.24, 2.45) is 5.41 Å². The van der Waals surface area contributed by atoms with Crippen molar-refractivity contribution in [1.82, 2.24) is 15.5 Å². The number of ether oxygens (including phenoxy) is 1. The fourth-order valence-corrected chi connectivity index (χ4v) is 7.90. The summed E-state index contributed by atoms with van der Waals surface area (Å²) < 4.78 is 5.89. The van der Waals surface area contributed by atoms with E-state index in [1.165, 1.54) is 6.92 Å². The zero-order valence-corrected chi connectivity index (χ0v) is 32.5. The highest BCUT2D eigenvalue weighted by molar-refractivity contribution is 6.30. The first kappa shape index (κ1) is 40.3. The molecule has 6 rings (SSSR count). The lowest BCUT2D eigenvalue weighted by Gasteiger charge is -2.32. The van der Waals surface area contributed by atoms with Gasteiger partial charge in [-0.1, -0.05) is 90.6 Å². The van der Waals surface area contributed by atoms with E-state index in [1.54, 1.807) is 94.7 Å². The van der Waals surface area contributed by atoms with Crippen LogP contribution in [0.4, 0.5) is 5.69 Å². The van der Waals surface area contributed by atoms with Crippen LogP contribution in [-0.4, -0.2) is 64.8 Å². The SMILES string of the molecule is CC(=O)NCCC1(C(=O)NC(Cc2ccc(N3C(=O)[C@@H](Cc4ccc(Cl)cc4)N(C(=O)COc4ccccc4)[C@H]3c3ccc(Cl)cc3)cc2)C(=O)O)CCCC1. The topological polar surface area (TPSA) is 145 Å². The number of hydrogen-bond acceptors (Lipinski definition) is 6. The third-order valence-electron chi connectivity index (χ3n) is 10.5. The third kappa shape index (κ3) is 9.52. The molecule has 4 aromatic carbocycles. The van der Waals surface area contributed by atoms with Crippen LogP contribution in [0.1, 0.15) is 61.9 Å². The van der Waals surface area contributed by atoms with Gasteiger partial charge in [0.1, 0.15) is 24.0 Å². The summed E-state index contributed by atoms with van der Waals surface area (Å²) in [6.45, 7) is 1.43. The molecular formula is C43H44Cl2N4O7. The van der Waals surface area contributed by atoms with Crippen LogP contribution in [0.5, 0.6) is 5.75 Å². The summed E-state index contributed by atoms with van der Waals surface area (Å²) in [5, 5.41) is 16.7. The van der Waals surface area contributed by atoms with Crippen molar-refractivity contribution in [2.75, 3.05) is 18.1 Å². The molecular weight excluding hydrogens is 755 g/mol. The first-order valence-corrected chi connectivity index (χ1v) is 19.4. The quantitative estimate of drug-likeness (QED) is 0.121. The molecule has 1 heterocycles. The molecule has 13 heteroatoms. The lowest BCUT2D eigenvalue weighted by molar-refractivity contribution is -0.144. The van der Waals surface area contributed by atoms with Gasteiger partial charge in [0.25, 0.3) is 11.8 Å². The van der Waals surface area contributed by atoms with Crippen molar-refractivity contribution in [1.29, 1.82) is 0 Å². The van der Waals surface area contributed by atoms with E-state index in [1.807, 2.05) is 18.2 Å². The zero-order chi connectivity index (χ0) is 39.8. The minimum Gasteiger partial charge on any atom is -0.484 e. The molecule has 1 unspecified atom stereocenters. The lowest BCUT2D eigenvalue weighted by Crippen LogP contribution is -2.49. The maximum absolute atomic E-state index is 14.6. The van der Waals surface area contributed by atoms with Crippen molar-refractivity contribution in [3.05, 3.63) is 130 Å². The fourth-order valence-electron chi connectivity index (χ4n) is 7.64. The fraction of sp³-hybridized carbons (Fsp3) is 0.326. The number of para-hydroxylation sites is 1. The summed E-state index contributed by atoms with van der Waals surface area (Å²) in [6.07, 6.45) is 2.70. The third-order valence-corrected chi connectivity index (χ3v) is 11.1. The van der Waals surface area contributed by atoms with Crippen LogP contribution in [0.3, 0.4) is 0 Å². The molecule has 4 aromatic rings. The maximum atomic E-state index is 14.6. The number of carboxylic acid groups (broad SMARTS) is 1. The molecule has 2 fully saturated rings. The van der Waals surface area contributed by atoms with Gasteiger partial charge in [-0.3, -0.25) is 24.1 Å². The van der Waals surface area contributed by atoms with E-state index < -0.39 is 35.5 Å². The largest absolute Gasteiger partial charge is 0.484 e. The Morgan fingerprint density at radius 3 is 2.07 bits per heavy atom. The Balaban J connectivity index is 1.28. The minimum atomic E-state index is -1.21. The van der Waals surface area contributed by atoms with Crippen LogP contribution in [0, 0.1) is 5.41 Å². The van der Waals surface area contributed by atoms with Crippen molar-refractivity contribution >= 4 is 58.5 Å². The molecule has 1 saturated carbocycles. The standard InChI is InChI=1S/C43H44Cl2N4O7/c1-28(50)46-24-23-43(21-5-6-22-43)42(55)47-36(41(53)54)25-29-11-19-34(20-12-29)48-39(31-13-17-33(45)18-14-31)49(38(51)27-56-35-7-3-2-4-8-35)37(40(48)52)26-30-9-15-32(44)16-10-30/h2-4,7-20,36-37,39H,5-6,21-27H2,1H3,(H,46,50)(H,47,55)(H,53,54)/t36?,37-,39+/m1/s1. The Kier molecular flexibility index (Phi) is 13.0. The average Bonchev–Trinajstić information content (AvgIpc) is 3.78. The normalized spacial score (nSPS) is 18.0. The van der Waals surface area contributed by atoms with E-state index in [0.29, 0.717) is 58.4 Å². The first-order chi connectivity index (χ1) is 26.9. The Labute approximate surface area is 335 Å². The minimum absolute atomic E-state index is 0.00167. The van der Waals surface area contributed by atoms with Gasteiger partial charge in [-0.05, 0) is 84.5 Å². The summed E-state index contributed by atoms with van der Waals surface area (Å²) >= 11 is 12.5. The monoisotopic (exact) mass is 798 g/mol. The Hall–Kier alpha value is -5.39. The molecule has 0 spiro atoms. The number of nitrogens with zero attached hydrogens (tertiary/aromatic N) is 2. The second-order valence-corrected chi connectivity index (χ2v) is 15.2. The molecule has 3 atom stereocenters. The molecule has 2 aliphatic rings. The highest BCUT2D eigenvalue weighted by Crippen LogP contribution is 2.42. The molecule has 0 bridgehead atoms. The van der Waals surface area contributed by atoms with E-state index in [0.717, 1.165) is 18.4 Å². The number of nitrogens with one attached hydrogen (secondary N) is 2. The van der Waals surface area contributed by atoms with Gasteiger partial charge in [0.2, 0.25) is 11.8 Å². The molecule has 1 saturated heterocycles. The van der Waals surface area contributed by atoms with Crippen molar-refractivity contribution < 1.29 is 33.8 Å². The molecule has 4 amide bonds. The maximum Gasteiger partial charge on any atom is 0.326 e. The first-order valence-electron chi connectivity index (χ1n) is 18.6. The van der Waals surface area contributed by atoms with Crippen LogP contribution in [0.25, 0.3) is 0 Å². The molecule has 0 radical (unpaired) electrons. The van der Waals surface area contributed by atoms with Crippen molar-refractivity contribution in [2.45, 2.75) is 70.1 Å². The predicted molar refractivity (Wildman–Crippen MR) is 213 cm³/mol. The van der Waals surface area contributed by atoms with Crippen molar-refractivity contribution in [3.63, 3.8) is 0 Å². The number of hydrogen-bond donors (Lipinski definition) is 3. The number of aliphatic carboxylic acids is 1. The molecule has 56 heavy (non-hydrogen) atoms.